The van der Waals surface area contributed by atoms with Gasteiger partial charge in [-0.3, -0.25) is 9.59 Å². The van der Waals surface area contributed by atoms with Crippen LogP contribution in [0, 0.1) is 5.82 Å². The summed E-state index contributed by atoms with van der Waals surface area (Å²) < 4.78 is 13.4. The van der Waals surface area contributed by atoms with Crippen LogP contribution in [0.5, 0.6) is 0 Å². The first-order valence-electron chi connectivity index (χ1n) is 11.5. The number of likely N-dealkylation sites (tertiary alicyclic amines) is 1. The highest BCUT2D eigenvalue weighted by Crippen LogP contribution is 2.31. The van der Waals surface area contributed by atoms with Crippen LogP contribution in [-0.4, -0.2) is 41.3 Å². The molecule has 4 rings (SSSR count). The predicted molar refractivity (Wildman–Crippen MR) is 125 cm³/mol. The summed E-state index contributed by atoms with van der Waals surface area (Å²) in [6.45, 7) is 2.03. The second-order valence-electron chi connectivity index (χ2n) is 8.43. The van der Waals surface area contributed by atoms with E-state index in [0.29, 0.717) is 25.8 Å². The number of halogens is 1. The fourth-order valence-corrected chi connectivity index (χ4v) is 4.44. The Morgan fingerprint density at radius 1 is 0.938 bits per heavy atom. The Morgan fingerprint density at radius 3 is 2.41 bits per heavy atom. The summed E-state index contributed by atoms with van der Waals surface area (Å²) in [5, 5.41) is 3.96. The van der Waals surface area contributed by atoms with Crippen LogP contribution in [0.25, 0.3) is 22.2 Å². The quantitative estimate of drug-likeness (QED) is 0.559. The number of aromatic amines is 1. The SMILES string of the molecule is O=C(CCc1c(-c2ccc(F)cc2)[nH]c2ccccc12)NCCC(=O)N1CCCCCC1. The zero-order chi connectivity index (χ0) is 22.3. The number of rotatable bonds is 7. The van der Waals surface area contributed by atoms with Crippen molar-refractivity contribution in [3.63, 3.8) is 0 Å². The number of hydrogen-bond donors (Lipinski definition) is 2. The molecule has 2 amide bonds. The Bertz CT molecular complexity index is 1070. The molecule has 0 radical (unpaired) electrons. The lowest BCUT2D eigenvalue weighted by Gasteiger charge is -2.20. The maximum atomic E-state index is 13.4. The third kappa shape index (κ3) is 5.36. The molecule has 0 atom stereocenters. The minimum absolute atomic E-state index is 0.0657. The van der Waals surface area contributed by atoms with Gasteiger partial charge in [0.15, 0.2) is 0 Å². The minimum atomic E-state index is -0.277. The van der Waals surface area contributed by atoms with Crippen LogP contribution in [-0.2, 0) is 16.0 Å². The molecule has 3 aromatic rings. The largest absolute Gasteiger partial charge is 0.356 e. The number of carbonyl (C=O) groups excluding carboxylic acids is 2. The third-order valence-electron chi connectivity index (χ3n) is 6.17. The lowest BCUT2D eigenvalue weighted by Crippen LogP contribution is -2.35. The molecule has 1 saturated heterocycles. The molecule has 1 aliphatic rings. The van der Waals surface area contributed by atoms with Crippen LogP contribution in [0.4, 0.5) is 4.39 Å². The maximum Gasteiger partial charge on any atom is 0.224 e. The summed E-state index contributed by atoms with van der Waals surface area (Å²) in [4.78, 5) is 30.2. The minimum Gasteiger partial charge on any atom is -0.356 e. The summed E-state index contributed by atoms with van der Waals surface area (Å²) in [5.74, 6) is -0.216. The van der Waals surface area contributed by atoms with Gasteiger partial charge in [0.05, 0.1) is 0 Å². The van der Waals surface area contributed by atoms with Gasteiger partial charge in [-0.1, -0.05) is 31.0 Å². The molecule has 168 valence electrons. The van der Waals surface area contributed by atoms with Crippen LogP contribution in [0.3, 0.4) is 0 Å². The van der Waals surface area contributed by atoms with E-state index in [1.54, 1.807) is 12.1 Å². The van der Waals surface area contributed by atoms with Crippen molar-refractivity contribution < 1.29 is 14.0 Å². The van der Waals surface area contributed by atoms with E-state index in [0.717, 1.165) is 53.7 Å². The number of nitrogens with zero attached hydrogens (tertiary/aromatic N) is 1. The fraction of sp³-hybridized carbons (Fsp3) is 0.385. The van der Waals surface area contributed by atoms with Crippen molar-refractivity contribution in [2.45, 2.75) is 44.9 Å². The van der Waals surface area contributed by atoms with E-state index >= 15 is 0 Å². The van der Waals surface area contributed by atoms with Gasteiger partial charge in [0.2, 0.25) is 11.8 Å². The Balaban J connectivity index is 1.36. The molecule has 2 N–H and O–H groups in total. The zero-order valence-electron chi connectivity index (χ0n) is 18.3. The molecule has 0 aliphatic carbocycles. The predicted octanol–water partition coefficient (Wildman–Crippen LogP) is 4.82. The van der Waals surface area contributed by atoms with Gasteiger partial charge in [-0.2, -0.15) is 0 Å². The van der Waals surface area contributed by atoms with E-state index in [9.17, 15) is 14.0 Å². The maximum absolute atomic E-state index is 13.4. The van der Waals surface area contributed by atoms with Crippen LogP contribution >= 0.6 is 0 Å². The molecular formula is C26H30FN3O2. The summed E-state index contributed by atoms with van der Waals surface area (Å²) in [6.07, 6.45) is 5.75. The van der Waals surface area contributed by atoms with Gasteiger partial charge in [-0.25, -0.2) is 4.39 Å². The number of aryl methyl sites for hydroxylation is 1. The third-order valence-corrected chi connectivity index (χ3v) is 6.17. The highest BCUT2D eigenvalue weighted by atomic mass is 19.1. The summed E-state index contributed by atoms with van der Waals surface area (Å²) in [6, 6.07) is 14.4. The second-order valence-corrected chi connectivity index (χ2v) is 8.43. The van der Waals surface area contributed by atoms with Gasteiger partial charge >= 0.3 is 0 Å². The molecule has 1 aliphatic heterocycles. The molecular weight excluding hydrogens is 405 g/mol. The summed E-state index contributed by atoms with van der Waals surface area (Å²) in [7, 11) is 0. The van der Waals surface area contributed by atoms with E-state index in [1.165, 1.54) is 25.0 Å². The standard InChI is InChI=1S/C26H30FN3O2/c27-20-11-9-19(10-12-20)26-22(21-7-3-4-8-23(21)29-26)13-14-24(31)28-16-15-25(32)30-17-5-1-2-6-18-30/h3-4,7-12,29H,1-2,5-6,13-18H2,(H,28,31). The topological polar surface area (TPSA) is 65.2 Å². The van der Waals surface area contributed by atoms with Gasteiger partial charge in [0.1, 0.15) is 5.82 Å². The molecule has 6 heteroatoms. The Morgan fingerprint density at radius 2 is 1.66 bits per heavy atom. The smallest absolute Gasteiger partial charge is 0.224 e. The van der Waals surface area contributed by atoms with Gasteiger partial charge in [-0.15, -0.1) is 0 Å². The van der Waals surface area contributed by atoms with Crippen molar-refractivity contribution >= 4 is 22.7 Å². The molecule has 5 nitrogen and oxygen atoms in total. The van der Waals surface area contributed by atoms with E-state index in [2.05, 4.69) is 10.3 Å². The van der Waals surface area contributed by atoms with Crippen LogP contribution in [0.1, 0.15) is 44.1 Å². The average molecular weight is 436 g/mol. The number of para-hydroxylation sites is 1. The number of benzene rings is 2. The van der Waals surface area contributed by atoms with Crippen molar-refractivity contribution in [1.82, 2.24) is 15.2 Å². The van der Waals surface area contributed by atoms with Crippen LogP contribution in [0.2, 0.25) is 0 Å². The van der Waals surface area contributed by atoms with Crippen molar-refractivity contribution in [3.05, 3.63) is 59.9 Å². The Hall–Kier alpha value is -3.15. The second kappa shape index (κ2) is 10.4. The Labute approximate surface area is 188 Å². The van der Waals surface area contributed by atoms with Crippen molar-refractivity contribution in [2.24, 2.45) is 0 Å². The fourth-order valence-electron chi connectivity index (χ4n) is 4.44. The number of H-pyrrole nitrogens is 1. The Kier molecular flexibility index (Phi) is 7.20. The molecule has 1 fully saturated rings. The first-order valence-corrected chi connectivity index (χ1v) is 11.5. The summed E-state index contributed by atoms with van der Waals surface area (Å²) in [5.41, 5.74) is 3.84. The van der Waals surface area contributed by atoms with Crippen LogP contribution in [0.15, 0.2) is 48.5 Å². The van der Waals surface area contributed by atoms with Gasteiger partial charge in [-0.05, 0) is 60.7 Å². The highest BCUT2D eigenvalue weighted by molar-refractivity contribution is 5.91. The van der Waals surface area contributed by atoms with E-state index in [4.69, 9.17) is 0 Å². The van der Waals surface area contributed by atoms with Crippen molar-refractivity contribution in [1.29, 1.82) is 0 Å². The normalized spacial score (nSPS) is 14.3. The van der Waals surface area contributed by atoms with Gasteiger partial charge in [0, 0.05) is 49.1 Å². The number of aromatic nitrogens is 1. The van der Waals surface area contributed by atoms with Gasteiger partial charge in [0.25, 0.3) is 0 Å². The zero-order valence-corrected chi connectivity index (χ0v) is 18.3. The highest BCUT2D eigenvalue weighted by Gasteiger charge is 2.17. The van der Waals surface area contributed by atoms with Crippen molar-refractivity contribution in [3.8, 4) is 11.3 Å². The lowest BCUT2D eigenvalue weighted by molar-refractivity contribution is -0.131. The molecule has 0 spiro atoms. The number of fused-ring (bicyclic) bond motifs is 1. The molecule has 2 aromatic carbocycles. The number of hydrogen-bond acceptors (Lipinski definition) is 2. The molecule has 1 aromatic heterocycles. The average Bonchev–Trinajstić information content (AvgIpc) is 2.96. The first kappa shape index (κ1) is 22.1. The molecule has 0 saturated carbocycles. The number of carbonyl (C=O) groups is 2. The number of amides is 2. The van der Waals surface area contributed by atoms with E-state index in [-0.39, 0.29) is 17.6 Å². The van der Waals surface area contributed by atoms with E-state index < -0.39 is 0 Å². The summed E-state index contributed by atoms with van der Waals surface area (Å²) >= 11 is 0. The first-order chi connectivity index (χ1) is 15.6. The van der Waals surface area contributed by atoms with Crippen molar-refractivity contribution in [2.75, 3.05) is 19.6 Å². The molecule has 0 bridgehead atoms. The molecule has 2 heterocycles. The molecule has 0 unspecified atom stereocenters. The lowest BCUT2D eigenvalue weighted by atomic mass is 10.0. The monoisotopic (exact) mass is 435 g/mol. The van der Waals surface area contributed by atoms with Gasteiger partial charge < -0.3 is 15.2 Å². The van der Waals surface area contributed by atoms with Crippen LogP contribution < -0.4 is 5.32 Å². The number of nitrogens with one attached hydrogen (secondary N) is 2. The van der Waals surface area contributed by atoms with E-state index in [1.807, 2.05) is 29.2 Å². The molecule has 32 heavy (non-hydrogen) atoms.